The summed E-state index contributed by atoms with van der Waals surface area (Å²) < 4.78 is 0. The van der Waals surface area contributed by atoms with Gasteiger partial charge >= 0.3 is 0 Å². The summed E-state index contributed by atoms with van der Waals surface area (Å²) in [6, 6.07) is 2.21. The molecule has 1 aliphatic rings. The largest absolute Gasteiger partial charge is 0.387 e. The predicted molar refractivity (Wildman–Crippen MR) is 81.9 cm³/mol. The number of carbonyl (C=O) groups excluding carboxylic acids is 1. The van der Waals surface area contributed by atoms with Crippen LogP contribution in [0.5, 0.6) is 0 Å². The van der Waals surface area contributed by atoms with E-state index in [0.29, 0.717) is 11.6 Å². The van der Waals surface area contributed by atoms with Crippen molar-refractivity contribution in [3.05, 3.63) is 24.0 Å². The molecule has 1 saturated carbocycles. The molecule has 1 aliphatic carbocycles. The van der Waals surface area contributed by atoms with E-state index in [2.05, 4.69) is 17.2 Å². The summed E-state index contributed by atoms with van der Waals surface area (Å²) in [4.78, 5) is 18.6. The molecule has 0 radical (unpaired) electrons. The summed E-state index contributed by atoms with van der Waals surface area (Å²) in [6.45, 7) is 2.26. The number of nitrogens with zero attached hydrogens (tertiary/aromatic N) is 2. The summed E-state index contributed by atoms with van der Waals surface area (Å²) in [5.41, 5.74) is 1.51. The van der Waals surface area contributed by atoms with E-state index in [0.717, 1.165) is 24.4 Å². The van der Waals surface area contributed by atoms with Crippen LogP contribution in [-0.4, -0.2) is 35.9 Å². The highest BCUT2D eigenvalue weighted by Gasteiger charge is 2.27. The van der Waals surface area contributed by atoms with Gasteiger partial charge in [-0.15, -0.1) is 0 Å². The minimum atomic E-state index is 0.0717. The fourth-order valence-corrected chi connectivity index (χ4v) is 3.08. The maximum atomic E-state index is 12.6. The maximum Gasteiger partial charge on any atom is 0.257 e. The fraction of sp³-hybridized carbons (Fsp3) is 0.625. The van der Waals surface area contributed by atoms with E-state index in [-0.39, 0.29) is 5.91 Å². The van der Waals surface area contributed by atoms with E-state index >= 15 is 0 Å². The van der Waals surface area contributed by atoms with Crippen LogP contribution < -0.4 is 5.32 Å². The Bertz CT molecular complexity index is 453. The smallest absolute Gasteiger partial charge is 0.257 e. The number of carbonyl (C=O) groups is 1. The first-order chi connectivity index (χ1) is 9.67. The fourth-order valence-electron chi connectivity index (χ4n) is 3.08. The maximum absolute atomic E-state index is 12.6. The van der Waals surface area contributed by atoms with Gasteiger partial charge in [-0.05, 0) is 37.7 Å². The van der Waals surface area contributed by atoms with Gasteiger partial charge in [0.15, 0.2) is 0 Å². The minimum absolute atomic E-state index is 0.0717. The van der Waals surface area contributed by atoms with Crippen molar-refractivity contribution < 1.29 is 4.79 Å². The van der Waals surface area contributed by atoms with Crippen molar-refractivity contribution in [3.8, 4) is 0 Å². The quantitative estimate of drug-likeness (QED) is 0.918. The van der Waals surface area contributed by atoms with Gasteiger partial charge in [-0.2, -0.15) is 0 Å². The number of hydrogen-bond donors (Lipinski definition) is 1. The van der Waals surface area contributed by atoms with Crippen LogP contribution in [0.15, 0.2) is 18.5 Å². The number of anilines is 1. The van der Waals surface area contributed by atoms with E-state index in [1.807, 2.05) is 25.1 Å². The van der Waals surface area contributed by atoms with E-state index in [1.54, 1.807) is 12.4 Å². The Kier molecular flexibility index (Phi) is 4.99. The number of amides is 1. The monoisotopic (exact) mass is 275 g/mol. The van der Waals surface area contributed by atoms with Gasteiger partial charge < -0.3 is 10.2 Å². The van der Waals surface area contributed by atoms with Gasteiger partial charge in [0.2, 0.25) is 0 Å². The minimum Gasteiger partial charge on any atom is -0.387 e. The van der Waals surface area contributed by atoms with Gasteiger partial charge in [0, 0.05) is 38.2 Å². The van der Waals surface area contributed by atoms with Crippen LogP contribution in [0.4, 0.5) is 5.69 Å². The predicted octanol–water partition coefficient (Wildman–Crippen LogP) is 3.16. The van der Waals surface area contributed by atoms with Crippen molar-refractivity contribution in [1.29, 1.82) is 0 Å². The Morgan fingerprint density at radius 1 is 1.40 bits per heavy atom. The Morgan fingerprint density at radius 2 is 2.10 bits per heavy atom. The van der Waals surface area contributed by atoms with E-state index in [4.69, 9.17) is 0 Å². The zero-order chi connectivity index (χ0) is 14.5. The van der Waals surface area contributed by atoms with Crippen molar-refractivity contribution in [2.75, 3.05) is 19.4 Å². The van der Waals surface area contributed by atoms with Crippen molar-refractivity contribution in [1.82, 2.24) is 9.88 Å². The highest BCUT2D eigenvalue weighted by atomic mass is 16.2. The summed E-state index contributed by atoms with van der Waals surface area (Å²) in [6.07, 6.45) is 9.34. The van der Waals surface area contributed by atoms with E-state index in [1.165, 1.54) is 19.3 Å². The molecule has 0 aliphatic heterocycles. The van der Waals surface area contributed by atoms with Gasteiger partial charge in [0.1, 0.15) is 0 Å². The molecule has 110 valence electrons. The molecule has 1 heterocycles. The van der Waals surface area contributed by atoms with Crippen LogP contribution in [0.1, 0.15) is 49.4 Å². The first kappa shape index (κ1) is 14.8. The Labute approximate surface area is 121 Å². The molecule has 1 amide bonds. The van der Waals surface area contributed by atoms with Gasteiger partial charge in [-0.3, -0.25) is 9.78 Å². The lowest BCUT2D eigenvalue weighted by Gasteiger charge is -2.34. The number of nitrogens with one attached hydrogen (secondary N) is 1. The third-order valence-corrected chi connectivity index (χ3v) is 4.58. The molecular weight excluding hydrogens is 250 g/mol. The molecule has 1 N–H and O–H groups in total. The summed E-state index contributed by atoms with van der Waals surface area (Å²) in [5.74, 6) is 0.920. The molecule has 0 spiro atoms. The van der Waals surface area contributed by atoms with Crippen molar-refractivity contribution in [2.24, 2.45) is 5.92 Å². The Balaban J connectivity index is 2.05. The lowest BCUT2D eigenvalue weighted by Crippen LogP contribution is -2.39. The van der Waals surface area contributed by atoms with Crippen molar-refractivity contribution in [3.63, 3.8) is 0 Å². The summed E-state index contributed by atoms with van der Waals surface area (Å²) >= 11 is 0. The second kappa shape index (κ2) is 6.73. The lowest BCUT2D eigenvalue weighted by molar-refractivity contribution is 0.0675. The Morgan fingerprint density at radius 3 is 2.70 bits per heavy atom. The molecule has 0 bridgehead atoms. The normalized spacial score (nSPS) is 22.4. The molecule has 4 nitrogen and oxygen atoms in total. The zero-order valence-electron chi connectivity index (χ0n) is 12.7. The third-order valence-electron chi connectivity index (χ3n) is 4.58. The number of hydrogen-bond acceptors (Lipinski definition) is 3. The average Bonchev–Trinajstić information content (AvgIpc) is 2.53. The Hall–Kier alpha value is -1.58. The van der Waals surface area contributed by atoms with Crippen LogP contribution in [0.2, 0.25) is 0 Å². The standard InChI is InChI=1S/C16H25N3O/c1-4-12-5-7-13(8-6-12)19(3)16(20)14-11-18-10-9-15(14)17-2/h9-13H,4-8H2,1-3H3,(H,17,18). The van der Waals surface area contributed by atoms with E-state index in [9.17, 15) is 4.79 Å². The molecule has 0 unspecified atom stereocenters. The highest BCUT2D eigenvalue weighted by Crippen LogP contribution is 2.30. The van der Waals surface area contributed by atoms with Crippen LogP contribution >= 0.6 is 0 Å². The number of aromatic nitrogens is 1. The number of pyridine rings is 1. The molecule has 0 atom stereocenters. The van der Waals surface area contributed by atoms with Crippen LogP contribution in [0.25, 0.3) is 0 Å². The molecule has 0 aromatic carbocycles. The average molecular weight is 275 g/mol. The second-order valence-electron chi connectivity index (χ2n) is 5.67. The van der Waals surface area contributed by atoms with Gasteiger partial charge in [0.05, 0.1) is 5.56 Å². The topological polar surface area (TPSA) is 45.2 Å². The summed E-state index contributed by atoms with van der Waals surface area (Å²) in [7, 11) is 3.75. The molecule has 1 aromatic heterocycles. The van der Waals surface area contributed by atoms with Gasteiger partial charge in [0.25, 0.3) is 5.91 Å². The molecule has 2 rings (SSSR count). The SMILES string of the molecule is CCC1CCC(N(C)C(=O)c2cnccc2NC)CC1. The second-order valence-corrected chi connectivity index (χ2v) is 5.67. The lowest BCUT2D eigenvalue weighted by atomic mass is 9.84. The molecule has 20 heavy (non-hydrogen) atoms. The van der Waals surface area contributed by atoms with Gasteiger partial charge in [-0.25, -0.2) is 0 Å². The van der Waals surface area contributed by atoms with Crippen molar-refractivity contribution >= 4 is 11.6 Å². The summed E-state index contributed by atoms with van der Waals surface area (Å²) in [5, 5.41) is 3.06. The van der Waals surface area contributed by atoms with E-state index < -0.39 is 0 Å². The number of rotatable bonds is 4. The molecule has 4 heteroatoms. The molecule has 1 fully saturated rings. The third kappa shape index (κ3) is 3.11. The zero-order valence-corrected chi connectivity index (χ0v) is 12.7. The van der Waals surface area contributed by atoms with Crippen LogP contribution in [0.3, 0.4) is 0 Å². The molecule has 0 saturated heterocycles. The molecular formula is C16H25N3O. The first-order valence-electron chi connectivity index (χ1n) is 7.56. The molecule has 1 aromatic rings. The first-order valence-corrected chi connectivity index (χ1v) is 7.56. The van der Waals surface area contributed by atoms with Gasteiger partial charge in [-0.1, -0.05) is 13.3 Å². The highest BCUT2D eigenvalue weighted by molar-refractivity contribution is 5.99. The van der Waals surface area contributed by atoms with Crippen molar-refractivity contribution in [2.45, 2.75) is 45.1 Å². The van der Waals surface area contributed by atoms with Crippen LogP contribution in [-0.2, 0) is 0 Å². The van der Waals surface area contributed by atoms with Crippen LogP contribution in [0, 0.1) is 5.92 Å².